The molecule has 0 spiro atoms. The molecule has 0 aliphatic heterocycles. The smallest absolute Gasteiger partial charge is 0.202 e. The topological polar surface area (TPSA) is 63.9 Å². The SMILES string of the molecule is CCn1c(O)c2c(c1O)-c1c(OCCCc3ccccc3)ccc(OC)c1CC2. The van der Waals surface area contributed by atoms with E-state index < -0.39 is 0 Å². The van der Waals surface area contributed by atoms with Crippen LogP contribution in [0.4, 0.5) is 0 Å². The monoisotopic (exact) mass is 393 g/mol. The lowest BCUT2D eigenvalue weighted by atomic mass is 9.86. The first-order valence-corrected chi connectivity index (χ1v) is 10.2. The van der Waals surface area contributed by atoms with Gasteiger partial charge in [0, 0.05) is 23.2 Å². The molecule has 0 atom stereocenters. The fourth-order valence-electron chi connectivity index (χ4n) is 4.24. The number of hydrogen-bond acceptors (Lipinski definition) is 4. The molecule has 4 rings (SSSR count). The molecule has 2 aromatic carbocycles. The van der Waals surface area contributed by atoms with Gasteiger partial charge in [-0.15, -0.1) is 0 Å². The van der Waals surface area contributed by atoms with Gasteiger partial charge in [-0.1, -0.05) is 30.3 Å². The second-order valence-corrected chi connectivity index (χ2v) is 7.30. The van der Waals surface area contributed by atoms with Crippen molar-refractivity contribution in [3.8, 4) is 34.4 Å². The summed E-state index contributed by atoms with van der Waals surface area (Å²) in [6.07, 6.45) is 3.23. The van der Waals surface area contributed by atoms with Crippen LogP contribution in [0.25, 0.3) is 11.1 Å². The zero-order valence-corrected chi connectivity index (χ0v) is 16.9. The molecule has 0 saturated heterocycles. The molecule has 5 heteroatoms. The summed E-state index contributed by atoms with van der Waals surface area (Å²) in [5, 5.41) is 21.4. The van der Waals surface area contributed by atoms with Crippen molar-refractivity contribution < 1.29 is 19.7 Å². The Morgan fingerprint density at radius 2 is 1.62 bits per heavy atom. The molecule has 152 valence electrons. The van der Waals surface area contributed by atoms with Gasteiger partial charge in [0.15, 0.2) is 5.88 Å². The van der Waals surface area contributed by atoms with Crippen molar-refractivity contribution in [3.05, 3.63) is 59.2 Å². The maximum Gasteiger partial charge on any atom is 0.202 e. The van der Waals surface area contributed by atoms with E-state index in [1.807, 2.05) is 37.3 Å². The summed E-state index contributed by atoms with van der Waals surface area (Å²) in [5.74, 6) is 1.73. The predicted octanol–water partition coefficient (Wildman–Crippen LogP) is 4.71. The standard InChI is InChI=1S/C24H27NO4/c1-3-25-23(26)18-12-11-17-19(28-2)13-14-20(21(17)22(18)24(25)27)29-15-7-10-16-8-5-4-6-9-16/h4-6,8-9,13-14,26-27H,3,7,10-12,15H2,1-2H3. The molecule has 0 amide bonds. The van der Waals surface area contributed by atoms with E-state index in [4.69, 9.17) is 9.47 Å². The van der Waals surface area contributed by atoms with E-state index in [0.717, 1.165) is 47.5 Å². The number of ether oxygens (including phenoxy) is 2. The van der Waals surface area contributed by atoms with Crippen LogP contribution in [0.2, 0.25) is 0 Å². The first-order valence-electron chi connectivity index (χ1n) is 10.2. The van der Waals surface area contributed by atoms with Gasteiger partial charge >= 0.3 is 0 Å². The number of hydrogen-bond donors (Lipinski definition) is 2. The lowest BCUT2D eigenvalue weighted by molar-refractivity contribution is 0.310. The average Bonchev–Trinajstić information content (AvgIpc) is 3.01. The number of aromatic nitrogens is 1. The molecule has 1 aromatic heterocycles. The largest absolute Gasteiger partial charge is 0.496 e. The summed E-state index contributed by atoms with van der Waals surface area (Å²) in [6, 6.07) is 14.2. The van der Waals surface area contributed by atoms with Crippen molar-refractivity contribution in [3.63, 3.8) is 0 Å². The maximum atomic E-state index is 10.8. The summed E-state index contributed by atoms with van der Waals surface area (Å²) in [7, 11) is 1.65. The van der Waals surface area contributed by atoms with Crippen LogP contribution >= 0.6 is 0 Å². The molecule has 29 heavy (non-hydrogen) atoms. The zero-order valence-electron chi connectivity index (χ0n) is 16.9. The summed E-state index contributed by atoms with van der Waals surface area (Å²) < 4.78 is 13.3. The van der Waals surface area contributed by atoms with Gasteiger partial charge in [0.2, 0.25) is 5.88 Å². The molecular weight excluding hydrogens is 366 g/mol. The van der Waals surface area contributed by atoms with E-state index in [1.54, 1.807) is 11.7 Å². The molecule has 0 fully saturated rings. The van der Waals surface area contributed by atoms with Gasteiger partial charge in [-0.3, -0.25) is 4.57 Å². The third kappa shape index (κ3) is 3.41. The van der Waals surface area contributed by atoms with Crippen LogP contribution in [0.15, 0.2) is 42.5 Å². The van der Waals surface area contributed by atoms with Gasteiger partial charge in [0.25, 0.3) is 0 Å². The van der Waals surface area contributed by atoms with Gasteiger partial charge in [0.05, 0.1) is 19.3 Å². The van der Waals surface area contributed by atoms with Crippen molar-refractivity contribution in [2.45, 2.75) is 39.2 Å². The number of benzene rings is 2. The Bertz CT molecular complexity index is 1010. The highest BCUT2D eigenvalue weighted by Crippen LogP contribution is 2.51. The van der Waals surface area contributed by atoms with Crippen molar-refractivity contribution in [1.29, 1.82) is 0 Å². The zero-order chi connectivity index (χ0) is 20.4. The fraction of sp³-hybridized carbons (Fsp3) is 0.333. The molecule has 0 radical (unpaired) electrons. The number of rotatable bonds is 7. The first-order chi connectivity index (χ1) is 14.2. The molecule has 5 nitrogen and oxygen atoms in total. The second kappa shape index (κ2) is 8.11. The van der Waals surface area contributed by atoms with Crippen LogP contribution in [-0.2, 0) is 25.8 Å². The van der Waals surface area contributed by atoms with Gasteiger partial charge in [-0.05, 0) is 50.3 Å². The molecule has 0 unspecified atom stereocenters. The number of aryl methyl sites for hydroxylation is 1. The van der Waals surface area contributed by atoms with E-state index in [2.05, 4.69) is 12.1 Å². The van der Waals surface area contributed by atoms with Crippen LogP contribution in [0, 0.1) is 0 Å². The van der Waals surface area contributed by atoms with E-state index in [0.29, 0.717) is 25.1 Å². The lowest BCUT2D eigenvalue weighted by Crippen LogP contribution is -2.08. The van der Waals surface area contributed by atoms with E-state index in [9.17, 15) is 10.2 Å². The van der Waals surface area contributed by atoms with Crippen LogP contribution < -0.4 is 9.47 Å². The molecule has 1 aliphatic rings. The molecule has 1 heterocycles. The number of aromatic hydroxyl groups is 2. The molecular formula is C24H27NO4. The number of nitrogens with zero attached hydrogens (tertiary/aromatic N) is 1. The highest BCUT2D eigenvalue weighted by atomic mass is 16.5. The Hall–Kier alpha value is -3.08. The summed E-state index contributed by atoms with van der Waals surface area (Å²) in [5.41, 5.74) is 4.59. The quantitative estimate of drug-likeness (QED) is 0.571. The van der Waals surface area contributed by atoms with Gasteiger partial charge in [-0.25, -0.2) is 0 Å². The molecule has 1 aliphatic carbocycles. The normalized spacial score (nSPS) is 12.3. The summed E-state index contributed by atoms with van der Waals surface area (Å²) in [4.78, 5) is 0. The van der Waals surface area contributed by atoms with Gasteiger partial charge < -0.3 is 19.7 Å². The average molecular weight is 393 g/mol. The maximum absolute atomic E-state index is 10.8. The number of fused-ring (bicyclic) bond motifs is 3. The summed E-state index contributed by atoms with van der Waals surface area (Å²) in [6.45, 7) is 2.97. The second-order valence-electron chi connectivity index (χ2n) is 7.30. The van der Waals surface area contributed by atoms with Crippen molar-refractivity contribution in [2.24, 2.45) is 0 Å². The van der Waals surface area contributed by atoms with Crippen LogP contribution in [-0.4, -0.2) is 28.5 Å². The van der Waals surface area contributed by atoms with Gasteiger partial charge in [-0.2, -0.15) is 0 Å². The molecule has 3 aromatic rings. The van der Waals surface area contributed by atoms with E-state index in [-0.39, 0.29) is 11.8 Å². The van der Waals surface area contributed by atoms with Crippen LogP contribution in [0.3, 0.4) is 0 Å². The van der Waals surface area contributed by atoms with Crippen molar-refractivity contribution in [1.82, 2.24) is 4.57 Å². The fourth-order valence-corrected chi connectivity index (χ4v) is 4.24. The van der Waals surface area contributed by atoms with Gasteiger partial charge in [0.1, 0.15) is 11.5 Å². The minimum Gasteiger partial charge on any atom is -0.496 e. The minimum absolute atomic E-state index is 0.0864. The number of methoxy groups -OCH3 is 1. The van der Waals surface area contributed by atoms with E-state index >= 15 is 0 Å². The first kappa shape index (κ1) is 19.2. The predicted molar refractivity (Wildman–Crippen MR) is 113 cm³/mol. The summed E-state index contributed by atoms with van der Waals surface area (Å²) >= 11 is 0. The molecule has 0 saturated carbocycles. The van der Waals surface area contributed by atoms with Crippen molar-refractivity contribution in [2.75, 3.05) is 13.7 Å². The third-order valence-electron chi connectivity index (χ3n) is 5.66. The Morgan fingerprint density at radius 1 is 0.897 bits per heavy atom. The van der Waals surface area contributed by atoms with Crippen LogP contribution in [0.1, 0.15) is 30.0 Å². The Morgan fingerprint density at radius 3 is 2.34 bits per heavy atom. The third-order valence-corrected chi connectivity index (χ3v) is 5.66. The van der Waals surface area contributed by atoms with E-state index in [1.165, 1.54) is 5.56 Å². The highest BCUT2D eigenvalue weighted by Gasteiger charge is 2.32. The molecule has 2 N–H and O–H groups in total. The Kier molecular flexibility index (Phi) is 5.38. The minimum atomic E-state index is 0.0864. The molecule has 0 bridgehead atoms. The van der Waals surface area contributed by atoms with Crippen LogP contribution in [0.5, 0.6) is 23.3 Å². The van der Waals surface area contributed by atoms with Crippen molar-refractivity contribution >= 4 is 0 Å². The Balaban J connectivity index is 1.65. The lowest BCUT2D eigenvalue weighted by Gasteiger charge is -2.22. The highest BCUT2D eigenvalue weighted by molar-refractivity contribution is 5.86. The Labute approximate surface area is 171 Å².